The third-order valence-corrected chi connectivity index (χ3v) is 6.84. The molecule has 5 rings (SSSR count). The number of fused-ring (bicyclic) bond motifs is 4. The normalized spacial score (nSPS) is 15.6. The van der Waals surface area contributed by atoms with Crippen LogP contribution in [-0.4, -0.2) is 4.55 Å². The van der Waals surface area contributed by atoms with Crippen LogP contribution in [0.5, 0.6) is 0 Å². The summed E-state index contributed by atoms with van der Waals surface area (Å²) in [5, 5.41) is 0.926. The van der Waals surface area contributed by atoms with Crippen LogP contribution in [0.25, 0.3) is 11.0 Å². The van der Waals surface area contributed by atoms with Crippen LogP contribution in [0.3, 0.4) is 0 Å². The molecule has 3 aromatic carbocycles. The number of rotatable bonds is 1. The van der Waals surface area contributed by atoms with E-state index in [0.29, 0.717) is 5.88 Å². The standard InChI is InChI=1S/C24H21NO2S/c1-14-9-10-20-18(13-14)23-24(27-20)25(19-7-5-6-8-21(19)28(23)26)22-16(3)11-15(2)12-17(22)4/h5-13H,1-4H3. The first-order valence-electron chi connectivity index (χ1n) is 9.37. The molecule has 0 amide bonds. The lowest BCUT2D eigenvalue weighted by Crippen LogP contribution is -2.22. The molecule has 0 saturated carbocycles. The molecule has 4 heteroatoms. The molecule has 1 aromatic heterocycles. The number of aryl methyl sites for hydroxylation is 4. The van der Waals surface area contributed by atoms with Crippen LogP contribution in [-0.2, 0) is 11.2 Å². The summed E-state index contributed by atoms with van der Waals surface area (Å²) in [4.78, 5) is 3.72. The van der Waals surface area contributed by atoms with Gasteiger partial charge in [0.2, 0.25) is 4.90 Å². The lowest BCUT2D eigenvalue weighted by atomic mass is 10.0. The van der Waals surface area contributed by atoms with Gasteiger partial charge in [0.05, 0.1) is 11.1 Å². The first-order chi connectivity index (χ1) is 13.5. The van der Waals surface area contributed by atoms with Gasteiger partial charge in [0.15, 0.2) is 4.90 Å². The summed E-state index contributed by atoms with van der Waals surface area (Å²) in [5.74, 6) is 0.660. The molecular formula is C24H21NO2S. The topological polar surface area (TPSA) is 39.4 Å². The van der Waals surface area contributed by atoms with Crippen molar-refractivity contribution in [3.05, 3.63) is 76.9 Å². The predicted molar refractivity (Wildman–Crippen MR) is 115 cm³/mol. The number of hydrogen-bond donors (Lipinski definition) is 0. The zero-order valence-corrected chi connectivity index (χ0v) is 17.2. The van der Waals surface area contributed by atoms with Crippen molar-refractivity contribution in [2.45, 2.75) is 37.5 Å². The van der Waals surface area contributed by atoms with Crippen LogP contribution < -0.4 is 4.90 Å². The maximum atomic E-state index is 13.5. The first kappa shape index (κ1) is 17.4. The predicted octanol–water partition coefficient (Wildman–Crippen LogP) is 6.62. The van der Waals surface area contributed by atoms with Gasteiger partial charge in [-0.1, -0.05) is 41.5 Å². The van der Waals surface area contributed by atoms with E-state index in [-0.39, 0.29) is 0 Å². The second-order valence-corrected chi connectivity index (χ2v) is 8.94. The molecule has 0 aliphatic carbocycles. The summed E-state index contributed by atoms with van der Waals surface area (Å²) in [6, 6.07) is 18.3. The van der Waals surface area contributed by atoms with Gasteiger partial charge in [-0.05, 0) is 63.1 Å². The molecule has 2 heterocycles. The Balaban J connectivity index is 1.89. The minimum atomic E-state index is -1.29. The molecule has 140 valence electrons. The van der Waals surface area contributed by atoms with Crippen molar-refractivity contribution in [3.8, 4) is 0 Å². The van der Waals surface area contributed by atoms with Crippen LogP contribution in [0, 0.1) is 27.7 Å². The Labute approximate surface area is 167 Å². The molecule has 0 fully saturated rings. The Bertz CT molecular complexity index is 1220. The van der Waals surface area contributed by atoms with E-state index in [9.17, 15) is 4.55 Å². The van der Waals surface area contributed by atoms with Crippen molar-refractivity contribution in [3.63, 3.8) is 0 Å². The van der Waals surface area contributed by atoms with Crippen molar-refractivity contribution >= 4 is 39.4 Å². The van der Waals surface area contributed by atoms with E-state index in [4.69, 9.17) is 4.42 Å². The van der Waals surface area contributed by atoms with Gasteiger partial charge in [-0.2, -0.15) is 0 Å². The fourth-order valence-corrected chi connectivity index (χ4v) is 5.69. The highest BCUT2D eigenvalue weighted by molar-refractivity contribution is 7.92. The summed E-state index contributed by atoms with van der Waals surface area (Å²) >= 11 is -1.29. The number of furan rings is 1. The van der Waals surface area contributed by atoms with Crippen LogP contribution in [0.1, 0.15) is 22.3 Å². The Hall–Kier alpha value is -2.69. The molecule has 0 saturated heterocycles. The van der Waals surface area contributed by atoms with E-state index in [1.807, 2.05) is 43.3 Å². The molecule has 0 spiro atoms. The summed E-state index contributed by atoms with van der Waals surface area (Å²) in [7, 11) is 0. The fraction of sp³-hybridized carbons (Fsp3) is 0.167. The van der Waals surface area contributed by atoms with Crippen LogP contribution in [0.4, 0.5) is 17.3 Å². The van der Waals surface area contributed by atoms with E-state index in [1.54, 1.807) is 0 Å². The quantitative estimate of drug-likeness (QED) is 0.345. The highest BCUT2D eigenvalue weighted by Gasteiger charge is 2.40. The molecule has 1 aliphatic rings. The lowest BCUT2D eigenvalue weighted by molar-refractivity contribution is 0.579. The average Bonchev–Trinajstić information content (AvgIpc) is 3.02. The van der Waals surface area contributed by atoms with Gasteiger partial charge in [-0.15, -0.1) is 0 Å². The van der Waals surface area contributed by atoms with Gasteiger partial charge in [0, 0.05) is 11.2 Å². The van der Waals surface area contributed by atoms with Gasteiger partial charge in [0.1, 0.15) is 11.3 Å². The number of hydrogen-bond acceptors (Lipinski definition) is 3. The second-order valence-electron chi connectivity index (χ2n) is 7.56. The molecule has 0 bridgehead atoms. The van der Waals surface area contributed by atoms with Gasteiger partial charge < -0.3 is 8.97 Å². The molecule has 1 aliphatic heterocycles. The Morgan fingerprint density at radius 2 is 1.57 bits per heavy atom. The third kappa shape index (κ3) is 2.42. The van der Waals surface area contributed by atoms with Crippen LogP contribution in [0.15, 0.2) is 68.8 Å². The summed E-state index contributed by atoms with van der Waals surface area (Å²) in [6.07, 6.45) is 0. The van der Waals surface area contributed by atoms with Crippen molar-refractivity contribution in [2.24, 2.45) is 0 Å². The van der Waals surface area contributed by atoms with E-state index in [1.165, 1.54) is 16.7 Å². The van der Waals surface area contributed by atoms with Gasteiger partial charge in [-0.25, -0.2) is 0 Å². The SMILES string of the molecule is Cc1cc(C)c(N2c3ccccc3[S+]([O-])c3c2oc2ccc(C)cc32)c(C)c1. The molecule has 1 unspecified atom stereocenters. The second kappa shape index (κ2) is 6.16. The molecule has 1 atom stereocenters. The monoisotopic (exact) mass is 387 g/mol. The lowest BCUT2D eigenvalue weighted by Gasteiger charge is -2.31. The highest BCUT2D eigenvalue weighted by atomic mass is 32.2. The largest absolute Gasteiger partial charge is 0.606 e. The number of para-hydroxylation sites is 1. The van der Waals surface area contributed by atoms with E-state index < -0.39 is 11.2 Å². The number of nitrogens with zero attached hydrogens (tertiary/aromatic N) is 1. The Morgan fingerprint density at radius 1 is 0.857 bits per heavy atom. The van der Waals surface area contributed by atoms with E-state index in [2.05, 4.69) is 43.9 Å². The third-order valence-electron chi connectivity index (χ3n) is 5.33. The highest BCUT2D eigenvalue weighted by Crippen LogP contribution is 2.53. The van der Waals surface area contributed by atoms with Crippen molar-refractivity contribution in [1.29, 1.82) is 0 Å². The fourth-order valence-electron chi connectivity index (χ4n) is 4.27. The minimum absolute atomic E-state index is 0.660. The van der Waals surface area contributed by atoms with Gasteiger partial charge >= 0.3 is 0 Å². The Kier molecular flexibility index (Phi) is 3.83. The smallest absolute Gasteiger partial charge is 0.263 e. The Morgan fingerprint density at radius 3 is 2.32 bits per heavy atom. The van der Waals surface area contributed by atoms with Crippen LogP contribution in [0.2, 0.25) is 0 Å². The molecule has 4 aromatic rings. The first-order valence-corrected chi connectivity index (χ1v) is 10.5. The number of anilines is 3. The minimum Gasteiger partial charge on any atom is -0.606 e. The van der Waals surface area contributed by atoms with Gasteiger partial charge in [-0.3, -0.25) is 4.90 Å². The van der Waals surface area contributed by atoms with Crippen molar-refractivity contribution in [2.75, 3.05) is 4.90 Å². The zero-order valence-electron chi connectivity index (χ0n) is 16.4. The van der Waals surface area contributed by atoms with E-state index >= 15 is 0 Å². The molecule has 0 radical (unpaired) electrons. The zero-order chi connectivity index (χ0) is 19.6. The van der Waals surface area contributed by atoms with Gasteiger partial charge in [0.25, 0.3) is 5.88 Å². The summed E-state index contributed by atoms with van der Waals surface area (Å²) in [6.45, 7) is 8.40. The molecule has 0 N–H and O–H groups in total. The maximum absolute atomic E-state index is 13.5. The maximum Gasteiger partial charge on any atom is 0.263 e. The van der Waals surface area contributed by atoms with E-state index in [0.717, 1.165) is 37.7 Å². The molecular weight excluding hydrogens is 366 g/mol. The molecule has 28 heavy (non-hydrogen) atoms. The summed E-state index contributed by atoms with van der Waals surface area (Å²) < 4.78 is 19.8. The van der Waals surface area contributed by atoms with Crippen molar-refractivity contribution < 1.29 is 8.97 Å². The molecule has 3 nitrogen and oxygen atoms in total. The van der Waals surface area contributed by atoms with Crippen molar-refractivity contribution in [1.82, 2.24) is 0 Å². The van der Waals surface area contributed by atoms with Crippen LogP contribution >= 0.6 is 0 Å². The average molecular weight is 388 g/mol. The number of benzene rings is 3. The summed E-state index contributed by atoms with van der Waals surface area (Å²) in [5.41, 5.74) is 7.47.